The topological polar surface area (TPSA) is 18.5 Å². The van der Waals surface area contributed by atoms with Gasteiger partial charge in [-0.25, -0.2) is 0 Å². The van der Waals surface area contributed by atoms with Crippen molar-refractivity contribution in [2.24, 2.45) is 11.8 Å². The van der Waals surface area contributed by atoms with Gasteiger partial charge in [0.05, 0.1) is 7.11 Å². The molecule has 2 fully saturated rings. The van der Waals surface area contributed by atoms with E-state index >= 15 is 0 Å². The molecule has 1 heterocycles. The van der Waals surface area contributed by atoms with Gasteiger partial charge in [0.25, 0.3) is 0 Å². The van der Waals surface area contributed by atoms with Gasteiger partial charge in [-0.05, 0) is 61.3 Å². The van der Waals surface area contributed by atoms with E-state index in [9.17, 15) is 0 Å². The molecule has 2 aliphatic carbocycles. The van der Waals surface area contributed by atoms with Gasteiger partial charge in [-0.2, -0.15) is 0 Å². The molecular weight excluding hydrogens is 272 g/mol. The number of methoxy groups -OCH3 is 1. The Bertz CT molecular complexity index is 792. The first-order valence-corrected chi connectivity index (χ1v) is 8.27. The lowest BCUT2D eigenvalue weighted by Crippen LogP contribution is -2.40. The second kappa shape index (κ2) is 4.28. The average Bonchev–Trinajstić information content (AvgIpc) is 3.14. The molecule has 112 valence electrons. The SMILES string of the molecule is COc1cccc2c3c(ccc12)OC1(C=C3)CC2CCC1C2. The molecule has 5 rings (SSSR count). The number of ether oxygens (including phenoxy) is 2. The normalized spacial score (nSPS) is 31.5. The molecule has 2 saturated carbocycles. The summed E-state index contributed by atoms with van der Waals surface area (Å²) in [6.45, 7) is 0. The number of fused-ring (bicyclic) bond motifs is 6. The predicted molar refractivity (Wildman–Crippen MR) is 88.3 cm³/mol. The number of hydrogen-bond donors (Lipinski definition) is 0. The Balaban J connectivity index is 1.65. The molecule has 0 aromatic heterocycles. The van der Waals surface area contributed by atoms with Gasteiger partial charge in [0.1, 0.15) is 17.1 Å². The molecule has 0 radical (unpaired) electrons. The zero-order valence-corrected chi connectivity index (χ0v) is 12.8. The minimum Gasteiger partial charge on any atom is -0.496 e. The predicted octanol–water partition coefficient (Wildman–Crippen LogP) is 4.81. The summed E-state index contributed by atoms with van der Waals surface area (Å²) >= 11 is 0. The van der Waals surface area contributed by atoms with Crippen molar-refractivity contribution < 1.29 is 9.47 Å². The van der Waals surface area contributed by atoms with Crippen LogP contribution in [-0.2, 0) is 0 Å². The fourth-order valence-electron chi connectivity index (χ4n) is 4.89. The first-order chi connectivity index (χ1) is 10.8. The Hall–Kier alpha value is -1.96. The largest absolute Gasteiger partial charge is 0.496 e. The van der Waals surface area contributed by atoms with E-state index in [4.69, 9.17) is 9.47 Å². The van der Waals surface area contributed by atoms with Crippen LogP contribution in [0.2, 0.25) is 0 Å². The second-order valence-corrected chi connectivity index (χ2v) is 7.00. The third kappa shape index (κ3) is 1.55. The molecule has 2 heteroatoms. The van der Waals surface area contributed by atoms with Crippen LogP contribution >= 0.6 is 0 Å². The maximum atomic E-state index is 6.57. The average molecular weight is 292 g/mol. The van der Waals surface area contributed by atoms with Crippen molar-refractivity contribution in [3.8, 4) is 11.5 Å². The summed E-state index contributed by atoms with van der Waals surface area (Å²) in [5.41, 5.74) is 1.17. The highest BCUT2D eigenvalue weighted by Gasteiger charge is 2.52. The van der Waals surface area contributed by atoms with Crippen LogP contribution in [-0.4, -0.2) is 12.7 Å². The van der Waals surface area contributed by atoms with Gasteiger partial charge < -0.3 is 9.47 Å². The molecule has 2 bridgehead atoms. The van der Waals surface area contributed by atoms with Gasteiger partial charge in [-0.3, -0.25) is 0 Å². The summed E-state index contributed by atoms with van der Waals surface area (Å²) in [4.78, 5) is 0. The van der Waals surface area contributed by atoms with Crippen molar-refractivity contribution in [2.75, 3.05) is 7.11 Å². The zero-order valence-electron chi connectivity index (χ0n) is 12.8. The molecule has 0 saturated heterocycles. The summed E-state index contributed by atoms with van der Waals surface area (Å²) in [7, 11) is 1.73. The van der Waals surface area contributed by atoms with E-state index < -0.39 is 0 Å². The molecule has 0 N–H and O–H groups in total. The molecule has 1 aliphatic heterocycles. The summed E-state index contributed by atoms with van der Waals surface area (Å²) in [5.74, 6) is 3.55. The first kappa shape index (κ1) is 12.6. The summed E-state index contributed by atoms with van der Waals surface area (Å²) in [6.07, 6.45) is 9.90. The minimum atomic E-state index is -0.0253. The van der Waals surface area contributed by atoms with Crippen LogP contribution in [0.3, 0.4) is 0 Å². The Morgan fingerprint density at radius 2 is 2.09 bits per heavy atom. The van der Waals surface area contributed by atoms with Crippen LogP contribution in [0.25, 0.3) is 16.8 Å². The maximum absolute atomic E-state index is 6.57. The fraction of sp³-hybridized carbons (Fsp3) is 0.400. The number of benzene rings is 2. The summed E-state index contributed by atoms with van der Waals surface area (Å²) in [5, 5.41) is 2.37. The van der Waals surface area contributed by atoms with Crippen LogP contribution in [0, 0.1) is 11.8 Å². The second-order valence-electron chi connectivity index (χ2n) is 7.00. The minimum absolute atomic E-state index is 0.0253. The van der Waals surface area contributed by atoms with Crippen LogP contribution in [0.15, 0.2) is 36.4 Å². The van der Waals surface area contributed by atoms with E-state index in [1.807, 2.05) is 6.07 Å². The Kier molecular flexibility index (Phi) is 2.45. The first-order valence-electron chi connectivity index (χ1n) is 8.27. The van der Waals surface area contributed by atoms with Crippen LogP contribution in [0.4, 0.5) is 0 Å². The van der Waals surface area contributed by atoms with Gasteiger partial charge >= 0.3 is 0 Å². The van der Waals surface area contributed by atoms with Crippen molar-refractivity contribution in [1.29, 1.82) is 0 Å². The van der Waals surface area contributed by atoms with Crippen molar-refractivity contribution in [3.05, 3.63) is 42.0 Å². The van der Waals surface area contributed by atoms with Gasteiger partial charge in [0.15, 0.2) is 0 Å². The van der Waals surface area contributed by atoms with Crippen molar-refractivity contribution in [1.82, 2.24) is 0 Å². The summed E-state index contributed by atoms with van der Waals surface area (Å²) in [6, 6.07) is 10.5. The molecule has 3 aliphatic rings. The molecular formula is C20H20O2. The van der Waals surface area contributed by atoms with E-state index in [2.05, 4.69) is 36.4 Å². The van der Waals surface area contributed by atoms with Crippen molar-refractivity contribution in [2.45, 2.75) is 31.3 Å². The Morgan fingerprint density at radius 1 is 1.14 bits per heavy atom. The van der Waals surface area contributed by atoms with E-state index in [-0.39, 0.29) is 5.60 Å². The van der Waals surface area contributed by atoms with Crippen LogP contribution in [0.1, 0.15) is 31.2 Å². The Morgan fingerprint density at radius 3 is 2.86 bits per heavy atom. The van der Waals surface area contributed by atoms with Gasteiger partial charge in [-0.15, -0.1) is 0 Å². The maximum Gasteiger partial charge on any atom is 0.131 e. The lowest BCUT2D eigenvalue weighted by Gasteiger charge is -2.38. The van der Waals surface area contributed by atoms with Crippen molar-refractivity contribution >= 4 is 16.8 Å². The molecule has 1 spiro atoms. The highest BCUT2D eigenvalue weighted by atomic mass is 16.5. The molecule has 0 amide bonds. The standard InChI is InChI=1S/C20H20O2/c1-21-18-4-2-3-15-16(18)7-8-19-17(15)9-10-20(22-19)12-13-5-6-14(20)11-13/h2-4,7-10,13-14H,5-6,11-12H2,1H3. The van der Waals surface area contributed by atoms with Gasteiger partial charge in [0.2, 0.25) is 0 Å². The molecule has 22 heavy (non-hydrogen) atoms. The quantitative estimate of drug-likeness (QED) is 0.750. The highest BCUT2D eigenvalue weighted by molar-refractivity contribution is 5.97. The van der Waals surface area contributed by atoms with E-state index in [1.54, 1.807) is 7.11 Å². The summed E-state index contributed by atoms with van der Waals surface area (Å²) < 4.78 is 12.1. The smallest absolute Gasteiger partial charge is 0.131 e. The highest BCUT2D eigenvalue weighted by Crippen LogP contribution is 2.55. The third-order valence-corrected chi connectivity index (χ3v) is 5.92. The molecule has 2 nitrogen and oxygen atoms in total. The molecule has 2 aromatic carbocycles. The number of rotatable bonds is 1. The van der Waals surface area contributed by atoms with Crippen molar-refractivity contribution in [3.63, 3.8) is 0 Å². The molecule has 3 unspecified atom stereocenters. The van der Waals surface area contributed by atoms with E-state index in [1.165, 1.54) is 36.6 Å². The zero-order chi connectivity index (χ0) is 14.7. The van der Waals surface area contributed by atoms with Crippen LogP contribution in [0.5, 0.6) is 11.5 Å². The van der Waals surface area contributed by atoms with Crippen LogP contribution < -0.4 is 9.47 Å². The third-order valence-electron chi connectivity index (χ3n) is 5.92. The Labute approximate surface area is 130 Å². The van der Waals surface area contributed by atoms with Gasteiger partial charge in [0, 0.05) is 16.9 Å². The molecule has 3 atom stereocenters. The van der Waals surface area contributed by atoms with Gasteiger partial charge in [-0.1, -0.05) is 18.2 Å². The van der Waals surface area contributed by atoms with E-state index in [0.29, 0.717) is 5.92 Å². The van der Waals surface area contributed by atoms with E-state index in [0.717, 1.165) is 22.8 Å². The number of hydrogen-bond acceptors (Lipinski definition) is 2. The lowest BCUT2D eigenvalue weighted by molar-refractivity contribution is 0.0582. The molecule has 2 aromatic rings. The lowest BCUT2D eigenvalue weighted by atomic mass is 9.81. The monoisotopic (exact) mass is 292 g/mol. The fourth-order valence-corrected chi connectivity index (χ4v) is 4.89.